The zero-order valence-electron chi connectivity index (χ0n) is 18.0. The molecule has 1 aromatic carbocycles. The fourth-order valence-electron chi connectivity index (χ4n) is 4.39. The molecule has 1 aromatic rings. The summed E-state index contributed by atoms with van der Waals surface area (Å²) in [4.78, 5) is 0. The van der Waals surface area contributed by atoms with Crippen LogP contribution in [0.15, 0.2) is 30.4 Å². The van der Waals surface area contributed by atoms with Crippen LogP contribution in [0.1, 0.15) is 69.4 Å². The Balaban J connectivity index is 0.000000878. The minimum absolute atomic E-state index is 0.0314. The molecule has 1 heterocycles. The smallest absolute Gasteiger partial charge is 0.126 e. The van der Waals surface area contributed by atoms with Crippen molar-refractivity contribution in [3.05, 3.63) is 41.5 Å². The van der Waals surface area contributed by atoms with Gasteiger partial charge in [-0.1, -0.05) is 69.9 Å². The molecule has 158 valence electrons. The molecular weight excluding hydrogens is 350 g/mol. The number of para-hydroxylation sites is 1. The Morgan fingerprint density at radius 3 is 2.64 bits per heavy atom. The van der Waals surface area contributed by atoms with E-state index in [1.807, 2.05) is 26.2 Å². The van der Waals surface area contributed by atoms with Gasteiger partial charge in [0.15, 0.2) is 0 Å². The van der Waals surface area contributed by atoms with Crippen LogP contribution >= 0.6 is 0 Å². The van der Waals surface area contributed by atoms with Gasteiger partial charge in [0.05, 0.1) is 12.2 Å². The van der Waals surface area contributed by atoms with E-state index in [1.54, 1.807) is 0 Å². The number of hydrogen-bond donors (Lipinski definition) is 3. The third-order valence-corrected chi connectivity index (χ3v) is 5.67. The number of aliphatic hydroxyl groups excluding tert-OH is 2. The molecule has 3 rings (SSSR count). The van der Waals surface area contributed by atoms with Gasteiger partial charge in [-0.2, -0.15) is 0 Å². The molecule has 5 atom stereocenters. The van der Waals surface area contributed by atoms with Crippen molar-refractivity contribution in [2.75, 3.05) is 14.1 Å². The van der Waals surface area contributed by atoms with Gasteiger partial charge in [0.25, 0.3) is 0 Å². The first-order chi connectivity index (χ1) is 13.6. The second-order valence-corrected chi connectivity index (χ2v) is 8.10. The highest BCUT2D eigenvalue weighted by Crippen LogP contribution is 2.52. The van der Waals surface area contributed by atoms with Gasteiger partial charge in [0, 0.05) is 23.8 Å². The Morgan fingerprint density at radius 2 is 1.96 bits per heavy atom. The van der Waals surface area contributed by atoms with Crippen molar-refractivity contribution in [2.45, 2.75) is 83.0 Å². The Labute approximate surface area is 171 Å². The predicted molar refractivity (Wildman–Crippen MR) is 116 cm³/mol. The fourth-order valence-corrected chi connectivity index (χ4v) is 4.39. The van der Waals surface area contributed by atoms with E-state index in [0.717, 1.165) is 44.3 Å². The van der Waals surface area contributed by atoms with Gasteiger partial charge in [0.1, 0.15) is 11.9 Å². The highest BCUT2D eigenvalue weighted by atomic mass is 16.5. The van der Waals surface area contributed by atoms with Gasteiger partial charge in [-0.25, -0.2) is 0 Å². The summed E-state index contributed by atoms with van der Waals surface area (Å²) < 4.78 is 6.25. The molecule has 4 heteroatoms. The van der Waals surface area contributed by atoms with Crippen LogP contribution in [0.4, 0.5) is 0 Å². The van der Waals surface area contributed by atoms with E-state index in [0.29, 0.717) is 6.42 Å². The topological polar surface area (TPSA) is 61.7 Å². The Morgan fingerprint density at radius 1 is 1.21 bits per heavy atom. The summed E-state index contributed by atoms with van der Waals surface area (Å²) in [6, 6.07) is 6.42. The number of benzene rings is 1. The molecule has 0 saturated heterocycles. The zero-order valence-corrected chi connectivity index (χ0v) is 18.0. The van der Waals surface area contributed by atoms with Crippen LogP contribution in [0.5, 0.6) is 5.75 Å². The molecule has 0 amide bonds. The van der Waals surface area contributed by atoms with Crippen LogP contribution < -0.4 is 10.1 Å². The number of ether oxygens (including phenoxy) is 1. The van der Waals surface area contributed by atoms with Crippen molar-refractivity contribution < 1.29 is 14.9 Å². The average Bonchev–Trinajstić information content (AvgIpc) is 3.17. The van der Waals surface area contributed by atoms with E-state index in [-0.39, 0.29) is 17.9 Å². The summed E-state index contributed by atoms with van der Waals surface area (Å²) in [5.41, 5.74) is 2.52. The molecule has 0 aromatic heterocycles. The lowest BCUT2D eigenvalue weighted by Crippen LogP contribution is -2.17. The second kappa shape index (κ2) is 11.6. The van der Waals surface area contributed by atoms with Crippen molar-refractivity contribution >= 4 is 0 Å². The first kappa shape index (κ1) is 22.9. The lowest BCUT2D eigenvalue weighted by atomic mass is 9.86. The number of nitrogens with one attached hydrogen (secondary N) is 1. The van der Waals surface area contributed by atoms with Crippen molar-refractivity contribution in [2.24, 2.45) is 5.92 Å². The second-order valence-electron chi connectivity index (χ2n) is 8.10. The van der Waals surface area contributed by atoms with Crippen LogP contribution in [0.25, 0.3) is 0 Å². The van der Waals surface area contributed by atoms with Crippen LogP contribution in [0, 0.1) is 5.92 Å². The maximum absolute atomic E-state index is 10.5. The Hall–Kier alpha value is -1.36. The van der Waals surface area contributed by atoms with Crippen molar-refractivity contribution in [1.29, 1.82) is 0 Å². The van der Waals surface area contributed by atoms with Crippen molar-refractivity contribution in [3.8, 4) is 5.75 Å². The van der Waals surface area contributed by atoms with E-state index in [9.17, 15) is 10.2 Å². The lowest BCUT2D eigenvalue weighted by Gasteiger charge is -2.18. The third-order valence-electron chi connectivity index (χ3n) is 5.67. The summed E-state index contributed by atoms with van der Waals surface area (Å²) in [6.07, 6.45) is 10.2. The molecular formula is C24H39NO3. The molecule has 1 aliphatic heterocycles. The molecule has 28 heavy (non-hydrogen) atoms. The molecule has 0 radical (unpaired) electrons. The number of unbranched alkanes of at least 4 members (excludes halogenated alkanes) is 2. The van der Waals surface area contributed by atoms with Crippen LogP contribution in [0.2, 0.25) is 0 Å². The first-order valence-electron chi connectivity index (χ1n) is 11.0. The standard InChI is InChI=1S/C22H32O3.C2H7N/c1-3-5-6-10-16(23)12-13-17-19(24)14-20-21(17)18-11-7-9-15(8-4-2)22(18)25-20;1-3-2/h7,9,11-13,16-17,19-21,23-24H,3-6,8,10,14H2,1-2H3;3H,1-2H3/t16-,17-,19+,20-,21-;/m0./s1. The normalized spacial score (nSPS) is 26.4. The van der Waals surface area contributed by atoms with Crippen LogP contribution in [-0.2, 0) is 6.42 Å². The minimum atomic E-state index is -0.411. The highest BCUT2D eigenvalue weighted by Gasteiger charge is 2.48. The van der Waals surface area contributed by atoms with Gasteiger partial charge < -0.3 is 20.3 Å². The summed E-state index contributed by atoms with van der Waals surface area (Å²) in [7, 11) is 3.75. The quantitative estimate of drug-likeness (QED) is 0.461. The largest absolute Gasteiger partial charge is 0.489 e. The van der Waals surface area contributed by atoms with Gasteiger partial charge in [-0.05, 0) is 32.5 Å². The summed E-state index contributed by atoms with van der Waals surface area (Å²) in [6.45, 7) is 4.35. The summed E-state index contributed by atoms with van der Waals surface area (Å²) in [5, 5.41) is 23.4. The predicted octanol–water partition coefficient (Wildman–Crippen LogP) is 4.20. The van der Waals surface area contributed by atoms with Gasteiger partial charge in [-0.3, -0.25) is 0 Å². The molecule has 1 fully saturated rings. The molecule has 0 bridgehead atoms. The zero-order chi connectivity index (χ0) is 20.5. The maximum Gasteiger partial charge on any atom is 0.126 e. The molecule has 2 aliphatic rings. The van der Waals surface area contributed by atoms with Crippen LogP contribution in [-0.4, -0.2) is 42.6 Å². The molecule has 0 unspecified atom stereocenters. The van der Waals surface area contributed by atoms with E-state index in [1.165, 1.54) is 11.1 Å². The molecule has 0 spiro atoms. The van der Waals surface area contributed by atoms with Crippen LogP contribution in [0.3, 0.4) is 0 Å². The van der Waals surface area contributed by atoms with E-state index in [4.69, 9.17) is 4.74 Å². The fraction of sp³-hybridized carbons (Fsp3) is 0.667. The maximum atomic E-state index is 10.5. The minimum Gasteiger partial charge on any atom is -0.489 e. The number of aliphatic hydroxyl groups is 2. The summed E-state index contributed by atoms with van der Waals surface area (Å²) >= 11 is 0. The molecule has 1 saturated carbocycles. The third kappa shape index (κ3) is 5.59. The van der Waals surface area contributed by atoms with E-state index >= 15 is 0 Å². The van der Waals surface area contributed by atoms with Crippen molar-refractivity contribution in [3.63, 3.8) is 0 Å². The van der Waals surface area contributed by atoms with E-state index in [2.05, 4.69) is 37.4 Å². The summed E-state index contributed by atoms with van der Waals surface area (Å²) in [5.74, 6) is 1.29. The Kier molecular flexibility index (Phi) is 9.49. The number of rotatable bonds is 8. The monoisotopic (exact) mass is 389 g/mol. The molecule has 1 aliphatic carbocycles. The number of hydrogen-bond acceptors (Lipinski definition) is 4. The lowest BCUT2D eigenvalue weighted by molar-refractivity contribution is 0.135. The number of fused-ring (bicyclic) bond motifs is 3. The first-order valence-corrected chi connectivity index (χ1v) is 11.0. The molecule has 3 N–H and O–H groups in total. The number of aryl methyl sites for hydroxylation is 1. The average molecular weight is 390 g/mol. The van der Waals surface area contributed by atoms with E-state index < -0.39 is 12.2 Å². The van der Waals surface area contributed by atoms with Gasteiger partial charge >= 0.3 is 0 Å². The highest BCUT2D eigenvalue weighted by molar-refractivity contribution is 5.49. The van der Waals surface area contributed by atoms with Gasteiger partial charge in [0.2, 0.25) is 0 Å². The SMILES string of the molecule is CCCCC[C@H](O)C=C[C@@H]1[C@H]2c3cccc(CCC)c3O[C@H]2C[C@H]1O.CNC. The van der Waals surface area contributed by atoms with Crippen molar-refractivity contribution in [1.82, 2.24) is 5.32 Å². The molecule has 4 nitrogen and oxygen atoms in total. The van der Waals surface area contributed by atoms with Gasteiger partial charge in [-0.15, -0.1) is 0 Å². The Bertz CT molecular complexity index is 616.